The van der Waals surface area contributed by atoms with Crippen molar-refractivity contribution >= 4 is 11.7 Å². The average molecular weight is 285 g/mol. The number of carbonyl (C=O) groups excluding carboxylic acids is 1. The summed E-state index contributed by atoms with van der Waals surface area (Å²) in [5, 5.41) is 6.03. The summed E-state index contributed by atoms with van der Waals surface area (Å²) < 4.78 is 0. The van der Waals surface area contributed by atoms with E-state index in [1.165, 1.54) is 31.3 Å². The molecule has 0 aromatic carbocycles. The number of allylic oxidation sites excluding steroid dienone is 1. The van der Waals surface area contributed by atoms with Crippen molar-refractivity contribution in [2.24, 2.45) is 0 Å². The van der Waals surface area contributed by atoms with E-state index in [4.69, 9.17) is 0 Å². The monoisotopic (exact) mass is 285 g/mol. The van der Waals surface area contributed by atoms with Gasteiger partial charge >= 0.3 is 0 Å². The van der Waals surface area contributed by atoms with Gasteiger partial charge in [-0.15, -0.1) is 6.58 Å². The predicted molar refractivity (Wildman–Crippen MR) is 86.4 cm³/mol. The second-order valence-corrected chi connectivity index (χ2v) is 5.22. The van der Waals surface area contributed by atoms with Gasteiger partial charge in [0, 0.05) is 19.3 Å². The standard InChI is InChI=1S/C17H23N3O/c1-2-11-18-16-9-8-15(13-20-16)17(21)19-12-10-14-6-4-3-5-7-14/h2,6,8-9,13H,1,3-5,7,10-12H2,(H,18,20)(H,19,21). The van der Waals surface area contributed by atoms with E-state index in [0.29, 0.717) is 18.7 Å². The van der Waals surface area contributed by atoms with Crippen molar-refractivity contribution in [2.45, 2.75) is 32.1 Å². The summed E-state index contributed by atoms with van der Waals surface area (Å²) in [4.78, 5) is 16.2. The SMILES string of the molecule is C=CCNc1ccc(C(=O)NCCC2=CCCCC2)cn1. The third-order valence-electron chi connectivity index (χ3n) is 3.57. The van der Waals surface area contributed by atoms with Crippen molar-refractivity contribution in [2.75, 3.05) is 18.4 Å². The van der Waals surface area contributed by atoms with Crippen LogP contribution in [-0.2, 0) is 0 Å². The molecule has 2 N–H and O–H groups in total. The van der Waals surface area contributed by atoms with Gasteiger partial charge in [-0.3, -0.25) is 4.79 Å². The molecule has 0 unspecified atom stereocenters. The first-order valence-electron chi connectivity index (χ1n) is 7.56. The molecular weight excluding hydrogens is 262 g/mol. The van der Waals surface area contributed by atoms with Gasteiger partial charge in [0.05, 0.1) is 5.56 Å². The maximum atomic E-state index is 12.0. The summed E-state index contributed by atoms with van der Waals surface area (Å²) in [6.07, 6.45) is 11.6. The number of nitrogens with one attached hydrogen (secondary N) is 2. The van der Waals surface area contributed by atoms with Crippen LogP contribution in [0, 0.1) is 0 Å². The molecule has 2 rings (SSSR count). The van der Waals surface area contributed by atoms with E-state index in [0.717, 1.165) is 12.2 Å². The number of hydrogen-bond acceptors (Lipinski definition) is 3. The summed E-state index contributed by atoms with van der Waals surface area (Å²) in [5.41, 5.74) is 2.07. The third kappa shape index (κ3) is 5.06. The first-order chi connectivity index (χ1) is 10.3. The van der Waals surface area contributed by atoms with Crippen molar-refractivity contribution in [3.8, 4) is 0 Å². The topological polar surface area (TPSA) is 54.0 Å². The quantitative estimate of drug-likeness (QED) is 0.756. The first kappa shape index (κ1) is 15.3. The summed E-state index contributed by atoms with van der Waals surface area (Å²) >= 11 is 0. The molecule has 0 atom stereocenters. The van der Waals surface area contributed by atoms with Crippen LogP contribution >= 0.6 is 0 Å². The highest BCUT2D eigenvalue weighted by Crippen LogP contribution is 2.19. The van der Waals surface area contributed by atoms with Gasteiger partial charge in [0.15, 0.2) is 0 Å². The maximum Gasteiger partial charge on any atom is 0.252 e. The van der Waals surface area contributed by atoms with Crippen molar-refractivity contribution in [1.82, 2.24) is 10.3 Å². The molecule has 4 heteroatoms. The van der Waals surface area contributed by atoms with Crippen LogP contribution in [0.15, 0.2) is 42.6 Å². The zero-order chi connectivity index (χ0) is 14.9. The van der Waals surface area contributed by atoms with Crippen LogP contribution in [0.1, 0.15) is 42.5 Å². The van der Waals surface area contributed by atoms with Crippen molar-refractivity contribution in [3.63, 3.8) is 0 Å². The number of rotatable bonds is 7. The third-order valence-corrected chi connectivity index (χ3v) is 3.57. The number of pyridine rings is 1. The Morgan fingerprint density at radius 1 is 1.38 bits per heavy atom. The van der Waals surface area contributed by atoms with E-state index >= 15 is 0 Å². The van der Waals surface area contributed by atoms with Gasteiger partial charge in [0.25, 0.3) is 5.91 Å². The van der Waals surface area contributed by atoms with E-state index < -0.39 is 0 Å². The molecule has 0 spiro atoms. The first-order valence-corrected chi connectivity index (χ1v) is 7.56. The van der Waals surface area contributed by atoms with Gasteiger partial charge < -0.3 is 10.6 Å². The average Bonchev–Trinajstić information content (AvgIpc) is 2.54. The fourth-order valence-electron chi connectivity index (χ4n) is 2.38. The molecule has 1 aliphatic rings. The van der Waals surface area contributed by atoms with Gasteiger partial charge in [-0.1, -0.05) is 17.7 Å². The largest absolute Gasteiger partial charge is 0.367 e. The smallest absolute Gasteiger partial charge is 0.252 e. The lowest BCUT2D eigenvalue weighted by molar-refractivity contribution is 0.0953. The van der Waals surface area contributed by atoms with E-state index in [-0.39, 0.29) is 5.91 Å². The molecule has 1 aromatic heterocycles. The summed E-state index contributed by atoms with van der Waals surface area (Å²) in [7, 11) is 0. The fourth-order valence-corrected chi connectivity index (χ4v) is 2.38. The minimum atomic E-state index is -0.0609. The molecule has 4 nitrogen and oxygen atoms in total. The molecule has 1 aliphatic carbocycles. The predicted octanol–water partition coefficient (Wildman–Crippen LogP) is 3.30. The molecule has 0 fully saturated rings. The molecule has 21 heavy (non-hydrogen) atoms. The Labute approximate surface area is 126 Å². The highest BCUT2D eigenvalue weighted by Gasteiger charge is 2.07. The Bertz CT molecular complexity index is 505. The van der Waals surface area contributed by atoms with Crippen LogP contribution < -0.4 is 10.6 Å². The molecule has 1 heterocycles. The Balaban J connectivity index is 1.77. The van der Waals surface area contributed by atoms with Gasteiger partial charge in [0.1, 0.15) is 5.82 Å². The van der Waals surface area contributed by atoms with Crippen molar-refractivity contribution in [1.29, 1.82) is 0 Å². The Kier molecular flexibility index (Phi) is 6.00. The summed E-state index contributed by atoms with van der Waals surface area (Å²) in [6, 6.07) is 3.59. The van der Waals surface area contributed by atoms with Crippen LogP contribution in [0.3, 0.4) is 0 Å². The lowest BCUT2D eigenvalue weighted by Crippen LogP contribution is -2.25. The van der Waals surface area contributed by atoms with Gasteiger partial charge in [-0.2, -0.15) is 0 Å². The molecule has 0 saturated carbocycles. The molecule has 1 amide bonds. The minimum absolute atomic E-state index is 0.0609. The van der Waals surface area contributed by atoms with Crippen LogP contribution in [0.25, 0.3) is 0 Å². The highest BCUT2D eigenvalue weighted by molar-refractivity contribution is 5.94. The Morgan fingerprint density at radius 3 is 2.95 bits per heavy atom. The van der Waals surface area contributed by atoms with Crippen LogP contribution in [0.2, 0.25) is 0 Å². The normalized spacial score (nSPS) is 14.2. The van der Waals surface area contributed by atoms with E-state index in [9.17, 15) is 4.79 Å². The molecule has 1 aromatic rings. The van der Waals surface area contributed by atoms with Crippen LogP contribution in [0.5, 0.6) is 0 Å². The maximum absolute atomic E-state index is 12.0. The van der Waals surface area contributed by atoms with E-state index in [1.54, 1.807) is 18.3 Å². The number of carbonyl (C=O) groups is 1. The van der Waals surface area contributed by atoms with E-state index in [1.807, 2.05) is 6.07 Å². The number of hydrogen-bond donors (Lipinski definition) is 2. The van der Waals surface area contributed by atoms with Gasteiger partial charge in [-0.05, 0) is 44.2 Å². The van der Waals surface area contributed by atoms with Crippen LogP contribution in [0.4, 0.5) is 5.82 Å². The number of aromatic nitrogens is 1. The summed E-state index contributed by atoms with van der Waals surface area (Å²) in [6.45, 7) is 4.99. The number of anilines is 1. The molecular formula is C17H23N3O. The van der Waals surface area contributed by atoms with Gasteiger partial charge in [-0.25, -0.2) is 4.98 Å². The van der Waals surface area contributed by atoms with Crippen molar-refractivity contribution < 1.29 is 4.79 Å². The van der Waals surface area contributed by atoms with Crippen LogP contribution in [-0.4, -0.2) is 24.0 Å². The van der Waals surface area contributed by atoms with E-state index in [2.05, 4.69) is 28.3 Å². The molecule has 0 radical (unpaired) electrons. The number of amides is 1. The highest BCUT2D eigenvalue weighted by atomic mass is 16.1. The molecule has 0 saturated heterocycles. The Hall–Kier alpha value is -2.10. The lowest BCUT2D eigenvalue weighted by atomic mass is 9.97. The zero-order valence-corrected chi connectivity index (χ0v) is 12.4. The Morgan fingerprint density at radius 2 is 2.29 bits per heavy atom. The molecule has 0 bridgehead atoms. The fraction of sp³-hybridized carbons (Fsp3) is 0.412. The number of nitrogens with zero attached hydrogens (tertiary/aromatic N) is 1. The lowest BCUT2D eigenvalue weighted by Gasteiger charge is -2.13. The second kappa shape index (κ2) is 8.25. The zero-order valence-electron chi connectivity index (χ0n) is 12.4. The second-order valence-electron chi connectivity index (χ2n) is 5.22. The molecule has 0 aliphatic heterocycles. The van der Waals surface area contributed by atoms with Crippen molar-refractivity contribution in [3.05, 3.63) is 48.2 Å². The molecule has 112 valence electrons. The summed E-state index contributed by atoms with van der Waals surface area (Å²) in [5.74, 6) is 0.688. The minimum Gasteiger partial charge on any atom is -0.367 e. The van der Waals surface area contributed by atoms with Gasteiger partial charge in [0.2, 0.25) is 0 Å².